The van der Waals surface area contributed by atoms with Crippen LogP contribution in [-0.4, -0.2) is 23.5 Å². The van der Waals surface area contributed by atoms with E-state index in [9.17, 15) is 0 Å². The quantitative estimate of drug-likeness (QED) is 0.609. The highest BCUT2D eigenvalue weighted by molar-refractivity contribution is 5.89. The lowest BCUT2D eigenvalue weighted by Crippen LogP contribution is -2.12. The van der Waals surface area contributed by atoms with Gasteiger partial charge in [0.1, 0.15) is 0 Å². The fraction of sp³-hybridized carbons (Fsp3) is 0.857. The van der Waals surface area contributed by atoms with Gasteiger partial charge in [-0.1, -0.05) is 5.16 Å². The van der Waals surface area contributed by atoms with Crippen molar-refractivity contribution in [1.82, 2.24) is 0 Å². The molecular weight excluding hydrogens is 130 g/mol. The summed E-state index contributed by atoms with van der Waals surface area (Å²) < 4.78 is 0. The Bertz CT molecular complexity index is 163. The van der Waals surface area contributed by atoms with Gasteiger partial charge in [0, 0.05) is 12.3 Å². The Hall–Kier alpha value is -0.570. The summed E-state index contributed by atoms with van der Waals surface area (Å²) in [6.07, 6.45) is 3.33. The molecule has 10 heavy (non-hydrogen) atoms. The third-order valence-corrected chi connectivity index (χ3v) is 2.01. The first-order valence-corrected chi connectivity index (χ1v) is 3.73. The van der Waals surface area contributed by atoms with Crippen LogP contribution in [0.25, 0.3) is 0 Å². The van der Waals surface area contributed by atoms with Crippen LogP contribution in [0, 0.1) is 5.92 Å². The van der Waals surface area contributed by atoms with Crippen LogP contribution in [0.5, 0.6) is 0 Å². The minimum atomic E-state index is -0.0457. The van der Waals surface area contributed by atoms with Crippen LogP contribution >= 0.6 is 0 Å². The summed E-state index contributed by atoms with van der Waals surface area (Å²) in [7, 11) is 0. The average Bonchev–Trinajstić information content (AvgIpc) is 2.70. The van der Waals surface area contributed by atoms with E-state index in [4.69, 9.17) is 9.94 Å². The van der Waals surface area contributed by atoms with Gasteiger partial charge in [0.15, 0.2) is 6.10 Å². The molecule has 0 aromatic carbocycles. The summed E-state index contributed by atoms with van der Waals surface area (Å²) in [5.74, 6) is 0.691. The lowest BCUT2D eigenvalue weighted by Gasteiger charge is -2.00. The van der Waals surface area contributed by atoms with Gasteiger partial charge < -0.3 is 9.94 Å². The van der Waals surface area contributed by atoms with Crippen LogP contribution in [-0.2, 0) is 4.84 Å². The number of rotatable bonds is 2. The van der Waals surface area contributed by atoms with E-state index in [0.717, 1.165) is 6.42 Å². The fourth-order valence-electron chi connectivity index (χ4n) is 1.21. The van der Waals surface area contributed by atoms with E-state index in [-0.39, 0.29) is 12.7 Å². The highest BCUT2D eigenvalue weighted by atomic mass is 16.6. The summed E-state index contributed by atoms with van der Waals surface area (Å²) in [5.41, 5.74) is 1.17. The molecule has 3 heteroatoms. The van der Waals surface area contributed by atoms with Crippen LogP contribution < -0.4 is 0 Å². The molecule has 1 aliphatic carbocycles. The smallest absolute Gasteiger partial charge is 0.155 e. The van der Waals surface area contributed by atoms with Crippen LogP contribution in [0.2, 0.25) is 0 Å². The zero-order chi connectivity index (χ0) is 6.97. The highest BCUT2D eigenvalue weighted by Gasteiger charge is 2.33. The minimum Gasteiger partial charge on any atom is -0.392 e. The first-order chi connectivity index (χ1) is 4.90. The van der Waals surface area contributed by atoms with Gasteiger partial charge in [-0.2, -0.15) is 0 Å². The lowest BCUT2D eigenvalue weighted by atomic mass is 10.1. The first kappa shape index (κ1) is 6.16. The number of hydrogen-bond donors (Lipinski definition) is 1. The molecule has 1 aliphatic heterocycles. The molecule has 0 radical (unpaired) electrons. The molecule has 3 nitrogen and oxygen atoms in total. The number of hydrogen-bond acceptors (Lipinski definition) is 3. The largest absolute Gasteiger partial charge is 0.392 e. The van der Waals surface area contributed by atoms with Gasteiger partial charge in [-0.25, -0.2) is 0 Å². The van der Waals surface area contributed by atoms with Gasteiger partial charge >= 0.3 is 0 Å². The molecule has 0 amide bonds. The molecule has 0 aromatic rings. The van der Waals surface area contributed by atoms with Crippen LogP contribution in [0.15, 0.2) is 5.16 Å². The van der Waals surface area contributed by atoms with E-state index in [0.29, 0.717) is 5.92 Å². The van der Waals surface area contributed by atoms with Crippen molar-refractivity contribution in [2.45, 2.75) is 25.4 Å². The molecule has 1 heterocycles. The Labute approximate surface area is 59.7 Å². The topological polar surface area (TPSA) is 41.8 Å². The second kappa shape index (κ2) is 2.23. The monoisotopic (exact) mass is 141 g/mol. The molecule has 1 fully saturated rings. The van der Waals surface area contributed by atoms with Gasteiger partial charge in [0.05, 0.1) is 12.3 Å². The molecule has 2 aliphatic rings. The van der Waals surface area contributed by atoms with Crippen LogP contribution in [0.1, 0.15) is 19.3 Å². The number of oxime groups is 1. The van der Waals surface area contributed by atoms with Crippen molar-refractivity contribution in [3.05, 3.63) is 0 Å². The van der Waals surface area contributed by atoms with E-state index in [2.05, 4.69) is 5.16 Å². The van der Waals surface area contributed by atoms with Gasteiger partial charge in [-0.05, 0) is 12.8 Å². The molecule has 1 unspecified atom stereocenters. The second-order valence-corrected chi connectivity index (χ2v) is 2.97. The predicted molar refractivity (Wildman–Crippen MR) is 36.7 cm³/mol. The Morgan fingerprint density at radius 2 is 2.40 bits per heavy atom. The maximum absolute atomic E-state index is 8.69. The molecular formula is C7H11NO2. The van der Waals surface area contributed by atoms with Crippen molar-refractivity contribution in [2.75, 3.05) is 6.61 Å². The number of nitrogens with zero attached hydrogens (tertiary/aromatic N) is 1. The molecule has 1 N–H and O–H groups in total. The van der Waals surface area contributed by atoms with E-state index in [1.54, 1.807) is 0 Å². The molecule has 0 bridgehead atoms. The first-order valence-electron chi connectivity index (χ1n) is 3.73. The zero-order valence-corrected chi connectivity index (χ0v) is 5.79. The van der Waals surface area contributed by atoms with Crippen molar-refractivity contribution in [3.63, 3.8) is 0 Å². The molecule has 0 aromatic heterocycles. The molecule has 0 saturated heterocycles. The second-order valence-electron chi connectivity index (χ2n) is 2.97. The normalized spacial score (nSPS) is 31.7. The number of aliphatic hydroxyl groups excluding tert-OH is 1. The SMILES string of the molecule is OCC1CC(C2CC2)=NO1. The van der Waals surface area contributed by atoms with Gasteiger partial charge in [0.25, 0.3) is 0 Å². The van der Waals surface area contributed by atoms with Crippen molar-refractivity contribution in [3.8, 4) is 0 Å². The van der Waals surface area contributed by atoms with Gasteiger partial charge in [-0.15, -0.1) is 0 Å². The van der Waals surface area contributed by atoms with Crippen LogP contribution in [0.4, 0.5) is 0 Å². The summed E-state index contributed by atoms with van der Waals surface area (Å²) in [6, 6.07) is 0. The molecule has 2 rings (SSSR count). The maximum atomic E-state index is 8.69. The van der Waals surface area contributed by atoms with Gasteiger partial charge in [0.2, 0.25) is 0 Å². The summed E-state index contributed by atoms with van der Waals surface area (Å²) >= 11 is 0. The molecule has 56 valence electrons. The summed E-state index contributed by atoms with van der Waals surface area (Å²) in [6.45, 7) is 0.0969. The van der Waals surface area contributed by atoms with Gasteiger partial charge in [-0.3, -0.25) is 0 Å². The summed E-state index contributed by atoms with van der Waals surface area (Å²) in [4.78, 5) is 4.95. The Morgan fingerprint density at radius 3 is 2.90 bits per heavy atom. The number of aliphatic hydroxyl groups is 1. The van der Waals surface area contributed by atoms with E-state index in [1.165, 1.54) is 18.6 Å². The van der Waals surface area contributed by atoms with Crippen molar-refractivity contribution >= 4 is 5.71 Å². The average molecular weight is 141 g/mol. The third-order valence-electron chi connectivity index (χ3n) is 2.01. The van der Waals surface area contributed by atoms with Crippen LogP contribution in [0.3, 0.4) is 0 Å². The Balaban J connectivity index is 1.89. The van der Waals surface area contributed by atoms with E-state index >= 15 is 0 Å². The maximum Gasteiger partial charge on any atom is 0.155 e. The standard InChI is InChI=1S/C7H11NO2/c9-4-6-3-7(8-10-6)5-1-2-5/h5-6,9H,1-4H2. The molecule has 1 saturated carbocycles. The van der Waals surface area contributed by atoms with E-state index in [1.807, 2.05) is 0 Å². The van der Waals surface area contributed by atoms with Crippen molar-refractivity contribution in [1.29, 1.82) is 0 Å². The summed E-state index contributed by atoms with van der Waals surface area (Å²) in [5, 5.41) is 12.6. The lowest BCUT2D eigenvalue weighted by molar-refractivity contribution is 0.0390. The van der Waals surface area contributed by atoms with Crippen molar-refractivity contribution < 1.29 is 9.94 Å². The fourth-order valence-corrected chi connectivity index (χ4v) is 1.21. The molecule has 0 spiro atoms. The predicted octanol–water partition coefficient (Wildman–Crippen LogP) is 0.534. The third kappa shape index (κ3) is 1.01. The molecule has 1 atom stereocenters. The minimum absolute atomic E-state index is 0.0457. The zero-order valence-electron chi connectivity index (χ0n) is 5.79. The van der Waals surface area contributed by atoms with E-state index < -0.39 is 0 Å². The Kier molecular flexibility index (Phi) is 1.38. The van der Waals surface area contributed by atoms with Crippen molar-refractivity contribution in [2.24, 2.45) is 11.1 Å². The Morgan fingerprint density at radius 1 is 1.60 bits per heavy atom. The highest BCUT2D eigenvalue weighted by Crippen LogP contribution is 2.34.